The molecule has 0 spiro atoms. The Balaban J connectivity index is 2.04. The molecule has 0 aliphatic heterocycles. The molecule has 0 saturated heterocycles. The van der Waals surface area contributed by atoms with E-state index in [4.69, 9.17) is 5.26 Å². The summed E-state index contributed by atoms with van der Waals surface area (Å²) in [4.78, 5) is 0. The van der Waals surface area contributed by atoms with Gasteiger partial charge in [-0.1, -0.05) is 29.3 Å². The first-order chi connectivity index (χ1) is 7.61. The molecule has 2 rings (SSSR count). The number of nitriles is 1. The van der Waals surface area contributed by atoms with E-state index in [1.807, 2.05) is 18.2 Å². The van der Waals surface area contributed by atoms with Crippen molar-refractivity contribution >= 4 is 21.6 Å². The van der Waals surface area contributed by atoms with E-state index in [9.17, 15) is 0 Å². The van der Waals surface area contributed by atoms with E-state index in [2.05, 4.69) is 34.2 Å². The summed E-state index contributed by atoms with van der Waals surface area (Å²) in [6, 6.07) is 7.91. The highest BCUT2D eigenvalue weighted by atomic mass is 79.9. The first-order valence-electron chi connectivity index (χ1n) is 5.56. The molecule has 1 fully saturated rings. The van der Waals surface area contributed by atoms with Gasteiger partial charge < -0.3 is 5.32 Å². The van der Waals surface area contributed by atoms with Crippen molar-refractivity contribution in [1.82, 2.24) is 0 Å². The molecule has 0 bridgehead atoms. The van der Waals surface area contributed by atoms with Gasteiger partial charge in [-0.3, -0.25) is 0 Å². The Morgan fingerprint density at radius 1 is 1.44 bits per heavy atom. The predicted molar refractivity (Wildman–Crippen MR) is 69.3 cm³/mol. The molecule has 0 aromatic heterocycles. The molecule has 1 aromatic carbocycles. The largest absolute Gasteiger partial charge is 0.384 e. The number of hydrogen-bond acceptors (Lipinski definition) is 2. The first kappa shape index (κ1) is 11.5. The zero-order valence-electron chi connectivity index (χ0n) is 9.39. The summed E-state index contributed by atoms with van der Waals surface area (Å²) in [6.07, 6.45) is 3.96. The predicted octanol–water partition coefficient (Wildman–Crippen LogP) is 3.92. The number of rotatable bonds is 3. The van der Waals surface area contributed by atoms with Crippen LogP contribution in [-0.4, -0.2) is 6.54 Å². The van der Waals surface area contributed by atoms with Crippen LogP contribution in [0, 0.1) is 16.7 Å². The second-order valence-corrected chi connectivity index (χ2v) is 5.77. The fraction of sp³-hybridized carbons (Fsp3) is 0.462. The molecule has 0 amide bonds. The Morgan fingerprint density at radius 3 is 2.75 bits per heavy atom. The Morgan fingerprint density at radius 2 is 2.19 bits per heavy atom. The van der Waals surface area contributed by atoms with Crippen LogP contribution in [0.25, 0.3) is 0 Å². The van der Waals surface area contributed by atoms with E-state index < -0.39 is 0 Å². The van der Waals surface area contributed by atoms with Crippen molar-refractivity contribution in [2.24, 2.45) is 5.41 Å². The van der Waals surface area contributed by atoms with E-state index in [0.29, 0.717) is 11.0 Å². The van der Waals surface area contributed by atoms with Crippen LogP contribution in [-0.2, 0) is 0 Å². The fourth-order valence-electron chi connectivity index (χ4n) is 2.03. The van der Waals surface area contributed by atoms with Gasteiger partial charge in [-0.05, 0) is 36.5 Å². The van der Waals surface area contributed by atoms with Crippen molar-refractivity contribution < 1.29 is 0 Å². The van der Waals surface area contributed by atoms with Crippen LogP contribution in [0.15, 0.2) is 22.7 Å². The Kier molecular flexibility index (Phi) is 3.20. The third-order valence-electron chi connectivity index (χ3n) is 3.31. The van der Waals surface area contributed by atoms with Crippen LogP contribution in [0.1, 0.15) is 31.7 Å². The molecule has 1 saturated carbocycles. The molecule has 3 heteroatoms. The van der Waals surface area contributed by atoms with E-state index >= 15 is 0 Å². The van der Waals surface area contributed by atoms with E-state index in [0.717, 1.165) is 16.7 Å². The highest BCUT2D eigenvalue weighted by molar-refractivity contribution is 9.10. The van der Waals surface area contributed by atoms with Crippen molar-refractivity contribution in [1.29, 1.82) is 5.26 Å². The Labute approximate surface area is 105 Å². The number of halogens is 1. The molecule has 1 aromatic rings. The van der Waals surface area contributed by atoms with Crippen molar-refractivity contribution in [2.45, 2.75) is 26.2 Å². The van der Waals surface area contributed by atoms with Gasteiger partial charge in [-0.2, -0.15) is 5.26 Å². The monoisotopic (exact) mass is 278 g/mol. The second-order valence-electron chi connectivity index (χ2n) is 4.86. The molecule has 1 aliphatic carbocycles. The SMILES string of the molecule is CC1(CNc2cc(Br)cc(C#N)c2)CCC1. The number of hydrogen-bond donors (Lipinski definition) is 1. The topological polar surface area (TPSA) is 35.8 Å². The highest BCUT2D eigenvalue weighted by Crippen LogP contribution is 2.40. The van der Waals surface area contributed by atoms with Gasteiger partial charge in [-0.15, -0.1) is 0 Å². The van der Waals surface area contributed by atoms with Gasteiger partial charge in [0, 0.05) is 16.7 Å². The molecule has 0 atom stereocenters. The number of nitrogens with one attached hydrogen (secondary N) is 1. The van der Waals surface area contributed by atoms with Gasteiger partial charge in [0.15, 0.2) is 0 Å². The van der Waals surface area contributed by atoms with Gasteiger partial charge in [0.25, 0.3) is 0 Å². The zero-order valence-corrected chi connectivity index (χ0v) is 11.0. The van der Waals surface area contributed by atoms with Gasteiger partial charge >= 0.3 is 0 Å². The molecule has 2 nitrogen and oxygen atoms in total. The summed E-state index contributed by atoms with van der Waals surface area (Å²) in [5.74, 6) is 0. The lowest BCUT2D eigenvalue weighted by Gasteiger charge is -2.38. The van der Waals surface area contributed by atoms with E-state index in [-0.39, 0.29) is 0 Å². The summed E-state index contributed by atoms with van der Waals surface area (Å²) in [5.41, 5.74) is 2.17. The minimum atomic E-state index is 0.453. The lowest BCUT2D eigenvalue weighted by Crippen LogP contribution is -2.33. The highest BCUT2D eigenvalue weighted by Gasteiger charge is 2.31. The second kappa shape index (κ2) is 4.47. The van der Waals surface area contributed by atoms with Crippen LogP contribution in [0.4, 0.5) is 5.69 Å². The molecule has 0 heterocycles. The van der Waals surface area contributed by atoms with Crippen LogP contribution in [0.5, 0.6) is 0 Å². The van der Waals surface area contributed by atoms with Crippen molar-refractivity contribution in [3.8, 4) is 6.07 Å². The summed E-state index contributed by atoms with van der Waals surface area (Å²) in [6.45, 7) is 3.31. The first-order valence-corrected chi connectivity index (χ1v) is 6.35. The molecule has 0 unspecified atom stereocenters. The van der Waals surface area contributed by atoms with Crippen molar-refractivity contribution in [3.05, 3.63) is 28.2 Å². The van der Waals surface area contributed by atoms with Crippen LogP contribution in [0.3, 0.4) is 0 Å². The summed E-state index contributed by atoms with van der Waals surface area (Å²) in [5, 5.41) is 12.3. The van der Waals surface area contributed by atoms with Crippen LogP contribution in [0.2, 0.25) is 0 Å². The lowest BCUT2D eigenvalue weighted by atomic mass is 9.70. The average Bonchev–Trinajstić information content (AvgIpc) is 2.23. The molecule has 1 N–H and O–H groups in total. The quantitative estimate of drug-likeness (QED) is 0.910. The molecule has 16 heavy (non-hydrogen) atoms. The van der Waals surface area contributed by atoms with Gasteiger partial charge in [-0.25, -0.2) is 0 Å². The standard InChI is InChI=1S/C13H15BrN2/c1-13(3-2-4-13)9-16-12-6-10(8-15)5-11(14)7-12/h5-7,16H,2-4,9H2,1H3. The molecule has 1 aliphatic rings. The smallest absolute Gasteiger partial charge is 0.0992 e. The maximum absolute atomic E-state index is 8.87. The number of nitrogens with zero attached hydrogens (tertiary/aromatic N) is 1. The normalized spacial score (nSPS) is 17.3. The lowest BCUT2D eigenvalue weighted by molar-refractivity contribution is 0.180. The summed E-state index contributed by atoms with van der Waals surface area (Å²) >= 11 is 3.41. The summed E-state index contributed by atoms with van der Waals surface area (Å²) < 4.78 is 0.952. The molecule has 84 valence electrons. The Bertz CT molecular complexity index is 430. The average molecular weight is 279 g/mol. The van der Waals surface area contributed by atoms with E-state index in [1.165, 1.54) is 19.3 Å². The van der Waals surface area contributed by atoms with Gasteiger partial charge in [0.1, 0.15) is 0 Å². The Hall–Kier alpha value is -1.01. The van der Waals surface area contributed by atoms with Crippen LogP contribution >= 0.6 is 15.9 Å². The molecular formula is C13H15BrN2. The van der Waals surface area contributed by atoms with Gasteiger partial charge in [0.05, 0.1) is 11.6 Å². The number of anilines is 1. The third-order valence-corrected chi connectivity index (χ3v) is 3.76. The molecular weight excluding hydrogens is 264 g/mol. The van der Waals surface area contributed by atoms with Crippen LogP contribution < -0.4 is 5.32 Å². The minimum Gasteiger partial charge on any atom is -0.384 e. The van der Waals surface area contributed by atoms with Gasteiger partial charge in [0.2, 0.25) is 0 Å². The molecule has 0 radical (unpaired) electrons. The maximum Gasteiger partial charge on any atom is 0.0992 e. The fourth-order valence-corrected chi connectivity index (χ4v) is 2.52. The summed E-state index contributed by atoms with van der Waals surface area (Å²) in [7, 11) is 0. The zero-order chi connectivity index (χ0) is 11.6. The third kappa shape index (κ3) is 2.56. The van der Waals surface area contributed by atoms with Crippen molar-refractivity contribution in [3.63, 3.8) is 0 Å². The minimum absolute atomic E-state index is 0.453. The maximum atomic E-state index is 8.87. The van der Waals surface area contributed by atoms with E-state index in [1.54, 1.807) is 0 Å². The number of benzene rings is 1. The van der Waals surface area contributed by atoms with Crippen molar-refractivity contribution in [2.75, 3.05) is 11.9 Å².